The Hall–Kier alpha value is -3.92. The number of hydrogen-bond donors (Lipinski definition) is 2. The summed E-state index contributed by atoms with van der Waals surface area (Å²) in [5.74, 6) is -2.18. The highest BCUT2D eigenvalue weighted by Gasteiger charge is 2.23. The molecule has 0 bridgehead atoms. The lowest BCUT2D eigenvalue weighted by atomic mass is 10.1. The average molecular weight is 496 g/mol. The molecule has 1 aliphatic heterocycles. The van der Waals surface area contributed by atoms with Gasteiger partial charge in [0.15, 0.2) is 0 Å². The number of piperidine rings is 1. The van der Waals surface area contributed by atoms with E-state index in [-0.39, 0.29) is 29.7 Å². The molecule has 188 valence electrons. The number of ether oxygens (including phenoxy) is 1. The molecule has 8 nitrogen and oxygen atoms in total. The number of halogens is 2. The molecule has 2 amide bonds. The summed E-state index contributed by atoms with van der Waals surface area (Å²) in [4.78, 5) is 35.1. The number of carbonyl (C=O) groups is 2. The number of carbonyl (C=O) groups excluding carboxylic acids is 2. The SMILES string of the molecule is COC1CCN(C(=O)c2ccc(Cc3cc(NCc4c(F)cccc4F)c(C(N)=O)cn3)nc2)CC1. The van der Waals surface area contributed by atoms with Gasteiger partial charge < -0.3 is 20.7 Å². The van der Waals surface area contributed by atoms with Crippen LogP contribution in [-0.4, -0.2) is 53.0 Å². The summed E-state index contributed by atoms with van der Waals surface area (Å²) < 4.78 is 33.3. The van der Waals surface area contributed by atoms with E-state index in [1.165, 1.54) is 18.5 Å². The molecule has 36 heavy (non-hydrogen) atoms. The summed E-state index contributed by atoms with van der Waals surface area (Å²) >= 11 is 0. The van der Waals surface area contributed by atoms with Crippen LogP contribution in [0, 0.1) is 11.6 Å². The highest BCUT2D eigenvalue weighted by atomic mass is 19.1. The molecule has 0 saturated carbocycles. The number of methoxy groups -OCH3 is 1. The van der Waals surface area contributed by atoms with Crippen molar-refractivity contribution in [3.05, 3.63) is 88.5 Å². The van der Waals surface area contributed by atoms with Crippen LogP contribution in [0.1, 0.15) is 50.5 Å². The Labute approximate surface area is 207 Å². The van der Waals surface area contributed by atoms with Gasteiger partial charge in [0.2, 0.25) is 0 Å². The van der Waals surface area contributed by atoms with Crippen LogP contribution in [0.2, 0.25) is 0 Å². The van der Waals surface area contributed by atoms with Crippen LogP contribution < -0.4 is 11.1 Å². The van der Waals surface area contributed by atoms with E-state index in [1.54, 1.807) is 30.2 Å². The molecule has 4 rings (SSSR count). The van der Waals surface area contributed by atoms with Crippen molar-refractivity contribution >= 4 is 17.5 Å². The topological polar surface area (TPSA) is 110 Å². The monoisotopic (exact) mass is 495 g/mol. The average Bonchev–Trinajstić information content (AvgIpc) is 2.88. The van der Waals surface area contributed by atoms with Gasteiger partial charge in [0.25, 0.3) is 11.8 Å². The number of amides is 2. The second-order valence-corrected chi connectivity index (χ2v) is 8.58. The van der Waals surface area contributed by atoms with Crippen molar-refractivity contribution in [2.75, 3.05) is 25.5 Å². The third kappa shape index (κ3) is 5.83. The predicted molar refractivity (Wildman–Crippen MR) is 129 cm³/mol. The molecule has 3 aromatic rings. The van der Waals surface area contributed by atoms with Crippen molar-refractivity contribution in [3.63, 3.8) is 0 Å². The maximum absolute atomic E-state index is 14.0. The van der Waals surface area contributed by atoms with Crippen LogP contribution in [0.25, 0.3) is 0 Å². The van der Waals surface area contributed by atoms with E-state index in [0.29, 0.717) is 42.1 Å². The zero-order valence-electron chi connectivity index (χ0n) is 19.8. The number of nitrogens with zero attached hydrogens (tertiary/aromatic N) is 3. The highest BCUT2D eigenvalue weighted by Crippen LogP contribution is 2.21. The van der Waals surface area contributed by atoms with Gasteiger partial charge in [0.05, 0.1) is 22.9 Å². The summed E-state index contributed by atoms with van der Waals surface area (Å²) in [7, 11) is 1.68. The van der Waals surface area contributed by atoms with Gasteiger partial charge >= 0.3 is 0 Å². The zero-order valence-corrected chi connectivity index (χ0v) is 19.8. The summed E-state index contributed by atoms with van der Waals surface area (Å²) in [5.41, 5.74) is 7.42. The predicted octanol–water partition coefficient (Wildman–Crippen LogP) is 3.31. The Bertz CT molecular complexity index is 1220. The van der Waals surface area contributed by atoms with Gasteiger partial charge in [0.1, 0.15) is 11.6 Å². The molecule has 10 heteroatoms. The molecule has 3 heterocycles. The maximum atomic E-state index is 14.0. The number of nitrogens with one attached hydrogen (secondary N) is 1. The van der Waals surface area contributed by atoms with Crippen molar-refractivity contribution in [2.45, 2.75) is 31.9 Å². The minimum Gasteiger partial charge on any atom is -0.381 e. The first-order chi connectivity index (χ1) is 17.4. The second-order valence-electron chi connectivity index (χ2n) is 8.58. The molecular formula is C26H27F2N5O3. The Morgan fingerprint density at radius 3 is 2.39 bits per heavy atom. The Kier molecular flexibility index (Phi) is 7.84. The second kappa shape index (κ2) is 11.2. The van der Waals surface area contributed by atoms with Gasteiger partial charge in [0, 0.05) is 62.5 Å². The van der Waals surface area contributed by atoms with Gasteiger partial charge in [-0.25, -0.2) is 8.78 Å². The zero-order chi connectivity index (χ0) is 25.7. The summed E-state index contributed by atoms with van der Waals surface area (Å²) in [6.45, 7) is 1.10. The van der Waals surface area contributed by atoms with Crippen LogP contribution in [0.3, 0.4) is 0 Å². The first kappa shape index (κ1) is 25.2. The van der Waals surface area contributed by atoms with Crippen LogP contribution >= 0.6 is 0 Å². The van der Waals surface area contributed by atoms with E-state index in [4.69, 9.17) is 10.5 Å². The van der Waals surface area contributed by atoms with Gasteiger partial charge in [-0.05, 0) is 43.2 Å². The van der Waals surface area contributed by atoms with Crippen LogP contribution in [0.4, 0.5) is 14.5 Å². The number of likely N-dealkylation sites (tertiary alicyclic amines) is 1. The Morgan fingerprint density at radius 2 is 1.78 bits per heavy atom. The van der Waals surface area contributed by atoms with Crippen molar-refractivity contribution < 1.29 is 23.1 Å². The molecule has 1 fully saturated rings. The first-order valence-corrected chi connectivity index (χ1v) is 11.6. The Balaban J connectivity index is 1.45. The van der Waals surface area contributed by atoms with Crippen LogP contribution in [0.5, 0.6) is 0 Å². The third-order valence-corrected chi connectivity index (χ3v) is 6.24. The Morgan fingerprint density at radius 1 is 1.08 bits per heavy atom. The molecule has 3 N–H and O–H groups in total. The number of anilines is 1. The molecule has 2 aromatic heterocycles. The normalized spacial score (nSPS) is 14.0. The molecule has 1 aliphatic rings. The first-order valence-electron chi connectivity index (χ1n) is 11.6. The van der Waals surface area contributed by atoms with Gasteiger partial charge in [-0.15, -0.1) is 0 Å². The molecule has 0 atom stereocenters. The smallest absolute Gasteiger partial charge is 0.255 e. The molecule has 1 saturated heterocycles. The molecule has 0 spiro atoms. The molecule has 0 unspecified atom stereocenters. The van der Waals surface area contributed by atoms with E-state index in [0.717, 1.165) is 25.0 Å². The summed E-state index contributed by atoms with van der Waals surface area (Å²) in [6.07, 6.45) is 4.97. The van der Waals surface area contributed by atoms with Crippen molar-refractivity contribution in [2.24, 2.45) is 5.73 Å². The molecule has 0 radical (unpaired) electrons. The fourth-order valence-electron chi connectivity index (χ4n) is 4.14. The van der Waals surface area contributed by atoms with E-state index < -0.39 is 17.5 Å². The lowest BCUT2D eigenvalue weighted by Gasteiger charge is -2.31. The molecule has 1 aromatic carbocycles. The maximum Gasteiger partial charge on any atom is 0.255 e. The minimum absolute atomic E-state index is 0.0700. The fraction of sp³-hybridized carbons (Fsp3) is 0.308. The molecule has 0 aliphatic carbocycles. The number of nitrogens with two attached hydrogens (primary N) is 1. The van der Waals surface area contributed by atoms with E-state index >= 15 is 0 Å². The summed E-state index contributed by atoms with van der Waals surface area (Å²) in [5, 5.41) is 2.89. The molecular weight excluding hydrogens is 468 g/mol. The van der Waals surface area contributed by atoms with Gasteiger partial charge in [-0.3, -0.25) is 19.6 Å². The van der Waals surface area contributed by atoms with Crippen LogP contribution in [0.15, 0.2) is 48.8 Å². The van der Waals surface area contributed by atoms with E-state index in [2.05, 4.69) is 15.3 Å². The number of hydrogen-bond acceptors (Lipinski definition) is 6. The summed E-state index contributed by atoms with van der Waals surface area (Å²) in [6, 6.07) is 8.68. The van der Waals surface area contributed by atoms with Gasteiger partial charge in [-0.1, -0.05) is 6.07 Å². The lowest BCUT2D eigenvalue weighted by molar-refractivity contribution is 0.0350. The van der Waals surface area contributed by atoms with Gasteiger partial charge in [-0.2, -0.15) is 0 Å². The largest absolute Gasteiger partial charge is 0.381 e. The quantitative estimate of drug-likeness (QED) is 0.496. The number of primary amides is 1. The lowest BCUT2D eigenvalue weighted by Crippen LogP contribution is -2.40. The number of aromatic nitrogens is 2. The van der Waals surface area contributed by atoms with E-state index in [9.17, 15) is 18.4 Å². The van der Waals surface area contributed by atoms with E-state index in [1.807, 2.05) is 0 Å². The number of rotatable bonds is 8. The van der Waals surface area contributed by atoms with Crippen molar-refractivity contribution in [1.29, 1.82) is 0 Å². The number of pyridine rings is 2. The van der Waals surface area contributed by atoms with Crippen molar-refractivity contribution in [3.8, 4) is 0 Å². The fourth-order valence-corrected chi connectivity index (χ4v) is 4.14. The highest BCUT2D eigenvalue weighted by molar-refractivity contribution is 5.98. The van der Waals surface area contributed by atoms with Crippen LogP contribution in [-0.2, 0) is 17.7 Å². The standard InChI is InChI=1S/C26H27F2N5O3/c1-36-19-7-9-33(10-8-19)26(35)16-5-6-17(30-13-16)11-18-12-24(21(15-31-18)25(29)34)32-14-20-22(27)3-2-4-23(20)28/h2-6,12-13,15,19H,7-11,14H2,1H3,(H2,29,34)(H,31,32). The third-order valence-electron chi connectivity index (χ3n) is 6.24. The number of benzene rings is 1. The van der Waals surface area contributed by atoms with Crippen molar-refractivity contribution in [1.82, 2.24) is 14.9 Å². The minimum atomic E-state index is -0.721.